The third-order valence-corrected chi connectivity index (χ3v) is 2.95. The summed E-state index contributed by atoms with van der Waals surface area (Å²) in [5.41, 5.74) is -1.19. The molecular formula is C13H24O3. The van der Waals surface area contributed by atoms with Gasteiger partial charge < -0.3 is 10.2 Å². The maximum atomic E-state index is 11.1. The molecule has 0 aromatic heterocycles. The Morgan fingerprint density at radius 2 is 2.00 bits per heavy atom. The van der Waals surface area contributed by atoms with E-state index in [0.29, 0.717) is 12.8 Å². The van der Waals surface area contributed by atoms with Crippen molar-refractivity contribution in [1.82, 2.24) is 0 Å². The number of carbonyl (C=O) groups is 1. The fourth-order valence-electron chi connectivity index (χ4n) is 2.06. The van der Waals surface area contributed by atoms with E-state index < -0.39 is 17.5 Å². The van der Waals surface area contributed by atoms with Gasteiger partial charge in [0, 0.05) is 0 Å². The minimum Gasteiger partial charge on any atom is -0.481 e. The Morgan fingerprint density at radius 1 is 1.38 bits per heavy atom. The van der Waals surface area contributed by atoms with Crippen LogP contribution in [0.15, 0.2) is 12.2 Å². The second-order valence-electron chi connectivity index (χ2n) is 4.25. The van der Waals surface area contributed by atoms with Gasteiger partial charge in [0.1, 0.15) is 0 Å². The average molecular weight is 228 g/mol. The van der Waals surface area contributed by atoms with Crippen LogP contribution in [0.5, 0.6) is 0 Å². The van der Waals surface area contributed by atoms with Crippen LogP contribution in [-0.2, 0) is 4.79 Å². The molecule has 16 heavy (non-hydrogen) atoms. The smallest absolute Gasteiger partial charge is 0.309 e. The van der Waals surface area contributed by atoms with Crippen molar-refractivity contribution in [1.29, 1.82) is 0 Å². The molecule has 0 aliphatic carbocycles. The lowest BCUT2D eigenvalue weighted by Crippen LogP contribution is -2.40. The Labute approximate surface area is 98.2 Å². The molecule has 0 spiro atoms. The summed E-state index contributed by atoms with van der Waals surface area (Å²) in [7, 11) is 0. The Kier molecular flexibility index (Phi) is 7.06. The van der Waals surface area contributed by atoms with E-state index in [9.17, 15) is 9.90 Å². The van der Waals surface area contributed by atoms with Gasteiger partial charge in [-0.05, 0) is 19.8 Å². The van der Waals surface area contributed by atoms with E-state index >= 15 is 0 Å². The number of rotatable bonds is 8. The number of hydrogen-bond acceptors (Lipinski definition) is 2. The molecule has 0 aromatic rings. The SMILES string of the molecule is CC=CC(O)(CCCCC)C(CC)C(=O)O. The molecular weight excluding hydrogens is 204 g/mol. The standard InChI is InChI=1S/C13H24O3/c1-4-7-8-10-13(16,9-5-2)11(6-3)12(14)15/h5,9,11,16H,4,6-8,10H2,1-3H3,(H,14,15). The fourth-order valence-corrected chi connectivity index (χ4v) is 2.06. The van der Waals surface area contributed by atoms with Crippen LogP contribution in [0.25, 0.3) is 0 Å². The molecule has 0 fully saturated rings. The molecule has 2 N–H and O–H groups in total. The lowest BCUT2D eigenvalue weighted by molar-refractivity contribution is -0.149. The summed E-state index contributed by atoms with van der Waals surface area (Å²) in [5, 5.41) is 19.5. The maximum Gasteiger partial charge on any atom is 0.309 e. The van der Waals surface area contributed by atoms with Gasteiger partial charge in [0.2, 0.25) is 0 Å². The molecule has 0 saturated heterocycles. The summed E-state index contributed by atoms with van der Waals surface area (Å²) >= 11 is 0. The highest BCUT2D eigenvalue weighted by Crippen LogP contribution is 2.29. The van der Waals surface area contributed by atoms with Crippen molar-refractivity contribution in [2.45, 2.75) is 58.5 Å². The molecule has 2 atom stereocenters. The number of unbranched alkanes of at least 4 members (excludes halogenated alkanes) is 2. The Bertz CT molecular complexity index is 235. The second kappa shape index (κ2) is 7.44. The van der Waals surface area contributed by atoms with Crippen LogP contribution in [0, 0.1) is 5.92 Å². The summed E-state index contributed by atoms with van der Waals surface area (Å²) in [6, 6.07) is 0. The van der Waals surface area contributed by atoms with Crippen molar-refractivity contribution in [3.05, 3.63) is 12.2 Å². The van der Waals surface area contributed by atoms with Crippen LogP contribution in [-0.4, -0.2) is 21.8 Å². The first-order chi connectivity index (χ1) is 7.51. The van der Waals surface area contributed by atoms with Crippen molar-refractivity contribution in [2.75, 3.05) is 0 Å². The molecule has 2 unspecified atom stereocenters. The summed E-state index contributed by atoms with van der Waals surface area (Å²) in [4.78, 5) is 11.1. The molecule has 0 bridgehead atoms. The van der Waals surface area contributed by atoms with Crippen molar-refractivity contribution >= 4 is 5.97 Å². The number of carboxylic acid groups (broad SMARTS) is 1. The molecule has 0 saturated carbocycles. The topological polar surface area (TPSA) is 57.5 Å². The Hall–Kier alpha value is -0.830. The van der Waals surface area contributed by atoms with Crippen LogP contribution in [0.3, 0.4) is 0 Å². The predicted octanol–water partition coefficient (Wildman–Crippen LogP) is 2.98. The van der Waals surface area contributed by atoms with E-state index in [1.807, 2.05) is 0 Å². The molecule has 0 amide bonds. The van der Waals surface area contributed by atoms with E-state index in [2.05, 4.69) is 6.92 Å². The normalized spacial score (nSPS) is 17.2. The minimum atomic E-state index is -1.19. The monoisotopic (exact) mass is 228 g/mol. The van der Waals surface area contributed by atoms with Crippen molar-refractivity contribution in [2.24, 2.45) is 5.92 Å². The van der Waals surface area contributed by atoms with Crippen molar-refractivity contribution < 1.29 is 15.0 Å². The average Bonchev–Trinajstić information content (AvgIpc) is 2.18. The van der Waals surface area contributed by atoms with Crippen LogP contribution in [0.2, 0.25) is 0 Å². The highest BCUT2D eigenvalue weighted by Gasteiger charge is 2.37. The lowest BCUT2D eigenvalue weighted by Gasteiger charge is -2.30. The first kappa shape index (κ1) is 15.2. The molecule has 0 rings (SSSR count). The minimum absolute atomic E-state index is 0.447. The van der Waals surface area contributed by atoms with Crippen LogP contribution in [0.4, 0.5) is 0 Å². The number of hydrogen-bond donors (Lipinski definition) is 2. The van der Waals surface area contributed by atoms with E-state index in [0.717, 1.165) is 19.3 Å². The van der Waals surface area contributed by atoms with Crippen molar-refractivity contribution in [3.63, 3.8) is 0 Å². The molecule has 3 heteroatoms. The molecule has 0 radical (unpaired) electrons. The zero-order valence-electron chi connectivity index (χ0n) is 10.6. The van der Waals surface area contributed by atoms with Crippen LogP contribution < -0.4 is 0 Å². The summed E-state index contributed by atoms with van der Waals surface area (Å²) in [6.45, 7) is 5.69. The first-order valence-electron chi connectivity index (χ1n) is 6.10. The number of aliphatic hydroxyl groups is 1. The first-order valence-corrected chi connectivity index (χ1v) is 6.10. The van der Waals surface area contributed by atoms with Gasteiger partial charge >= 0.3 is 5.97 Å². The van der Waals surface area contributed by atoms with Gasteiger partial charge in [0.15, 0.2) is 0 Å². The molecule has 0 aliphatic heterocycles. The Balaban J connectivity index is 4.70. The lowest BCUT2D eigenvalue weighted by atomic mass is 9.81. The Morgan fingerprint density at radius 3 is 2.38 bits per heavy atom. The largest absolute Gasteiger partial charge is 0.481 e. The zero-order valence-corrected chi connectivity index (χ0v) is 10.6. The number of aliphatic carboxylic acids is 1. The third kappa shape index (κ3) is 4.35. The van der Waals surface area contributed by atoms with Gasteiger partial charge in [-0.1, -0.05) is 45.3 Å². The van der Waals surface area contributed by atoms with E-state index in [1.54, 1.807) is 26.0 Å². The number of carboxylic acids is 1. The quantitative estimate of drug-likeness (QED) is 0.496. The fraction of sp³-hybridized carbons (Fsp3) is 0.769. The summed E-state index contributed by atoms with van der Waals surface area (Å²) in [5.74, 6) is -1.62. The molecule has 0 aromatic carbocycles. The van der Waals surface area contributed by atoms with Gasteiger partial charge in [-0.15, -0.1) is 0 Å². The van der Waals surface area contributed by atoms with Crippen LogP contribution >= 0.6 is 0 Å². The van der Waals surface area contributed by atoms with Crippen molar-refractivity contribution in [3.8, 4) is 0 Å². The molecule has 0 heterocycles. The zero-order chi connectivity index (χ0) is 12.6. The van der Waals surface area contributed by atoms with E-state index in [-0.39, 0.29) is 0 Å². The van der Waals surface area contributed by atoms with Gasteiger partial charge in [0.05, 0.1) is 11.5 Å². The molecule has 94 valence electrons. The maximum absolute atomic E-state index is 11.1. The summed E-state index contributed by atoms with van der Waals surface area (Å²) in [6.07, 6.45) is 7.29. The van der Waals surface area contributed by atoms with Gasteiger partial charge in [-0.2, -0.15) is 0 Å². The second-order valence-corrected chi connectivity index (χ2v) is 4.25. The highest BCUT2D eigenvalue weighted by atomic mass is 16.4. The van der Waals surface area contributed by atoms with Crippen LogP contribution in [0.1, 0.15) is 52.9 Å². The van der Waals surface area contributed by atoms with E-state index in [1.165, 1.54) is 0 Å². The van der Waals surface area contributed by atoms with Gasteiger partial charge in [-0.25, -0.2) is 0 Å². The predicted molar refractivity (Wildman–Crippen MR) is 65.3 cm³/mol. The number of allylic oxidation sites excluding steroid dienone is 1. The molecule has 3 nitrogen and oxygen atoms in total. The highest BCUT2D eigenvalue weighted by molar-refractivity contribution is 5.72. The van der Waals surface area contributed by atoms with E-state index in [4.69, 9.17) is 5.11 Å². The van der Waals surface area contributed by atoms with Gasteiger partial charge in [0.25, 0.3) is 0 Å². The summed E-state index contributed by atoms with van der Waals surface area (Å²) < 4.78 is 0. The molecule has 0 aliphatic rings. The third-order valence-electron chi connectivity index (χ3n) is 2.95. The van der Waals surface area contributed by atoms with Gasteiger partial charge in [-0.3, -0.25) is 4.79 Å².